The first-order valence-corrected chi connectivity index (χ1v) is 2.93. The van der Waals surface area contributed by atoms with E-state index >= 15 is 0 Å². The van der Waals surface area contributed by atoms with Crippen molar-refractivity contribution in [1.29, 1.82) is 0 Å². The fourth-order valence-electron chi connectivity index (χ4n) is 0.297. The number of rotatable bonds is 0. The summed E-state index contributed by atoms with van der Waals surface area (Å²) in [4.78, 5) is 12.2. The Bertz CT molecular complexity index is 108. The second-order valence-electron chi connectivity index (χ2n) is 2.60. The number of amides is 1. The minimum atomic E-state index is -0.621. The van der Waals surface area contributed by atoms with Crippen molar-refractivity contribution in [2.45, 2.75) is 26.4 Å². The summed E-state index contributed by atoms with van der Waals surface area (Å²) in [5, 5.41) is 0. The minimum absolute atomic E-state index is 0.473. The summed E-state index contributed by atoms with van der Waals surface area (Å²) in [6.45, 7) is 5.29. The summed E-state index contributed by atoms with van der Waals surface area (Å²) in [5.41, 5.74) is -0.473. The zero-order valence-electron chi connectivity index (χ0n) is 5.69. The molecule has 0 bridgehead atoms. The second kappa shape index (κ2) is 2.92. The van der Waals surface area contributed by atoms with Crippen molar-refractivity contribution in [3.05, 3.63) is 0 Å². The molecular weight excluding hydrogens is 142 g/mol. The maximum Gasteiger partial charge on any atom is 0.422 e. The first-order chi connectivity index (χ1) is 3.95. The molecule has 0 atom stereocenters. The average Bonchev–Trinajstić information content (AvgIpc) is 1.62. The molecule has 0 aromatic rings. The van der Waals surface area contributed by atoms with Gasteiger partial charge in [0.25, 0.3) is 0 Å². The minimum Gasteiger partial charge on any atom is -0.443 e. The predicted molar refractivity (Wildman–Crippen MR) is 35.2 cm³/mol. The molecule has 0 aliphatic carbocycles. The van der Waals surface area contributed by atoms with Gasteiger partial charge in [0.05, 0.1) is 0 Å². The van der Waals surface area contributed by atoms with Gasteiger partial charge < -0.3 is 4.74 Å². The highest BCUT2D eigenvalue weighted by atomic mass is 35.5. The van der Waals surface area contributed by atoms with Crippen LogP contribution in [0.2, 0.25) is 0 Å². The first kappa shape index (κ1) is 8.56. The highest BCUT2D eigenvalue weighted by molar-refractivity contribution is 6.20. The lowest BCUT2D eigenvalue weighted by molar-refractivity contribution is 0.0570. The third kappa shape index (κ3) is 5.43. The Kier molecular flexibility index (Phi) is 2.77. The summed E-state index contributed by atoms with van der Waals surface area (Å²) in [6.07, 6.45) is -0.621. The Morgan fingerprint density at radius 3 is 2.11 bits per heavy atom. The normalized spacial score (nSPS) is 10.7. The van der Waals surface area contributed by atoms with Gasteiger partial charge in [0.2, 0.25) is 0 Å². The van der Waals surface area contributed by atoms with E-state index in [1.807, 2.05) is 4.84 Å². The van der Waals surface area contributed by atoms with Gasteiger partial charge >= 0.3 is 6.09 Å². The van der Waals surface area contributed by atoms with Gasteiger partial charge in [0.1, 0.15) is 5.60 Å². The van der Waals surface area contributed by atoms with Crippen molar-refractivity contribution in [1.82, 2.24) is 4.84 Å². The van der Waals surface area contributed by atoms with Crippen LogP contribution in [-0.4, -0.2) is 11.7 Å². The van der Waals surface area contributed by atoms with Crippen LogP contribution in [0, 0.1) is 0 Å². The van der Waals surface area contributed by atoms with Crippen LogP contribution in [0.25, 0.3) is 0 Å². The molecule has 0 aliphatic heterocycles. The number of carbonyl (C=O) groups excluding carboxylic acids is 1. The smallest absolute Gasteiger partial charge is 0.422 e. The molecule has 0 fully saturated rings. The van der Waals surface area contributed by atoms with Gasteiger partial charge in [-0.15, -0.1) is 0 Å². The van der Waals surface area contributed by atoms with E-state index in [-0.39, 0.29) is 0 Å². The lowest BCUT2D eigenvalue weighted by atomic mass is 10.2. The Hall–Kier alpha value is -0.440. The number of hydrogen-bond donors (Lipinski definition) is 1. The number of carbonyl (C=O) groups is 1. The van der Waals surface area contributed by atoms with Crippen LogP contribution >= 0.6 is 11.8 Å². The lowest BCUT2D eigenvalue weighted by Crippen LogP contribution is -2.27. The van der Waals surface area contributed by atoms with Gasteiger partial charge in [-0.1, -0.05) is 0 Å². The van der Waals surface area contributed by atoms with E-state index in [1.165, 1.54) is 0 Å². The molecule has 0 saturated carbocycles. The van der Waals surface area contributed by atoms with E-state index in [1.54, 1.807) is 20.8 Å². The van der Waals surface area contributed by atoms with Crippen LogP contribution in [-0.2, 0) is 4.74 Å². The third-order valence-electron chi connectivity index (χ3n) is 0.476. The Morgan fingerprint density at radius 2 is 2.00 bits per heavy atom. The fourth-order valence-corrected chi connectivity index (χ4v) is 0.336. The van der Waals surface area contributed by atoms with Gasteiger partial charge in [-0.05, 0) is 20.8 Å². The van der Waals surface area contributed by atoms with Crippen molar-refractivity contribution < 1.29 is 9.53 Å². The molecule has 0 unspecified atom stereocenters. The van der Waals surface area contributed by atoms with E-state index in [2.05, 4.69) is 0 Å². The van der Waals surface area contributed by atoms with Gasteiger partial charge in [0.15, 0.2) is 0 Å². The summed E-state index contributed by atoms with van der Waals surface area (Å²) < 4.78 is 4.70. The summed E-state index contributed by atoms with van der Waals surface area (Å²) in [7, 11) is 0. The summed E-state index contributed by atoms with van der Waals surface area (Å²) >= 11 is 4.93. The molecular formula is C5H10ClNO2. The van der Waals surface area contributed by atoms with E-state index in [0.717, 1.165) is 0 Å². The number of nitrogens with one attached hydrogen (secondary N) is 1. The second-order valence-corrected chi connectivity index (χ2v) is 2.79. The Labute approximate surface area is 59.4 Å². The van der Waals surface area contributed by atoms with Crippen LogP contribution in [0.1, 0.15) is 20.8 Å². The molecule has 0 radical (unpaired) electrons. The lowest BCUT2D eigenvalue weighted by Gasteiger charge is -2.17. The summed E-state index contributed by atoms with van der Waals surface area (Å²) in [6, 6.07) is 0. The molecule has 0 aromatic heterocycles. The highest BCUT2D eigenvalue weighted by Gasteiger charge is 2.14. The topological polar surface area (TPSA) is 38.3 Å². The van der Waals surface area contributed by atoms with Crippen molar-refractivity contribution in [2.24, 2.45) is 0 Å². The molecule has 3 nitrogen and oxygen atoms in total. The van der Waals surface area contributed by atoms with Gasteiger partial charge in [-0.2, -0.15) is 0 Å². The Morgan fingerprint density at radius 1 is 1.56 bits per heavy atom. The van der Waals surface area contributed by atoms with Crippen LogP contribution in [0.3, 0.4) is 0 Å². The molecule has 0 aliphatic rings. The summed E-state index contributed by atoms with van der Waals surface area (Å²) in [5.74, 6) is 0. The first-order valence-electron chi connectivity index (χ1n) is 2.55. The van der Waals surface area contributed by atoms with Gasteiger partial charge in [0, 0.05) is 11.8 Å². The standard InChI is InChI=1S/C5H10ClNO2/c1-5(2,3)9-4(8)7-6/h1-3H3,(H,7,8). The van der Waals surface area contributed by atoms with E-state index in [0.29, 0.717) is 0 Å². The molecule has 54 valence electrons. The number of ether oxygens (including phenoxy) is 1. The maximum atomic E-state index is 10.4. The number of hydrogen-bond acceptors (Lipinski definition) is 2. The SMILES string of the molecule is CC(C)(C)OC(=O)NCl. The van der Waals surface area contributed by atoms with Gasteiger partial charge in [-0.25, -0.2) is 9.63 Å². The molecule has 0 saturated heterocycles. The average molecular weight is 152 g/mol. The van der Waals surface area contributed by atoms with Crippen LogP contribution in [0.15, 0.2) is 0 Å². The largest absolute Gasteiger partial charge is 0.443 e. The van der Waals surface area contributed by atoms with Crippen LogP contribution < -0.4 is 4.84 Å². The molecule has 9 heavy (non-hydrogen) atoms. The maximum absolute atomic E-state index is 10.4. The molecule has 1 N–H and O–H groups in total. The molecule has 1 amide bonds. The monoisotopic (exact) mass is 151 g/mol. The molecule has 0 rings (SSSR count). The van der Waals surface area contributed by atoms with Crippen LogP contribution in [0.4, 0.5) is 4.79 Å². The molecule has 0 heterocycles. The Balaban J connectivity index is 3.60. The third-order valence-corrected chi connectivity index (χ3v) is 0.630. The van der Waals surface area contributed by atoms with Crippen molar-refractivity contribution in [2.75, 3.05) is 0 Å². The van der Waals surface area contributed by atoms with E-state index < -0.39 is 11.7 Å². The molecule has 4 heteroatoms. The zero-order chi connectivity index (χ0) is 7.49. The van der Waals surface area contributed by atoms with Gasteiger partial charge in [-0.3, -0.25) is 0 Å². The van der Waals surface area contributed by atoms with E-state index in [9.17, 15) is 4.79 Å². The van der Waals surface area contributed by atoms with Crippen molar-refractivity contribution in [3.63, 3.8) is 0 Å². The van der Waals surface area contributed by atoms with Crippen molar-refractivity contribution >= 4 is 17.9 Å². The molecule has 0 spiro atoms. The van der Waals surface area contributed by atoms with Crippen molar-refractivity contribution in [3.8, 4) is 0 Å². The van der Waals surface area contributed by atoms with Crippen LogP contribution in [0.5, 0.6) is 0 Å². The predicted octanol–water partition coefficient (Wildman–Crippen LogP) is 1.66. The fraction of sp³-hybridized carbons (Fsp3) is 0.800. The number of halogens is 1. The zero-order valence-corrected chi connectivity index (χ0v) is 6.45. The quantitative estimate of drug-likeness (QED) is 0.535. The van der Waals surface area contributed by atoms with E-state index in [4.69, 9.17) is 16.5 Å². The highest BCUT2D eigenvalue weighted by Crippen LogP contribution is 2.06. The molecule has 0 aromatic carbocycles.